The molecule has 0 radical (unpaired) electrons. The number of fused-ring (bicyclic) bond motifs is 2. The molecule has 2 aliphatic carbocycles. The van der Waals surface area contributed by atoms with Crippen LogP contribution in [0, 0.1) is 16.7 Å². The molecule has 2 aliphatic rings. The van der Waals surface area contributed by atoms with Gasteiger partial charge in [0.2, 0.25) is 0 Å². The van der Waals surface area contributed by atoms with Crippen LogP contribution in [-0.2, 0) is 15.6 Å². The first kappa shape index (κ1) is 14.7. The predicted molar refractivity (Wildman–Crippen MR) is 74.0 cm³/mol. The largest absolute Gasteiger partial charge is 0.478 e. The number of hydrogen-bond donors (Lipinski definition) is 2. The lowest BCUT2D eigenvalue weighted by Gasteiger charge is -2.40. The molecular formula is C14H22O4S. The van der Waals surface area contributed by atoms with Crippen molar-refractivity contribution < 1.29 is 19.2 Å². The third-order valence-electron chi connectivity index (χ3n) is 5.46. The van der Waals surface area contributed by atoms with Crippen molar-refractivity contribution in [1.82, 2.24) is 0 Å². The van der Waals surface area contributed by atoms with Crippen molar-refractivity contribution in [1.29, 1.82) is 0 Å². The van der Waals surface area contributed by atoms with Crippen LogP contribution in [-0.4, -0.2) is 32.2 Å². The summed E-state index contributed by atoms with van der Waals surface area (Å²) in [6.45, 7) is 5.88. The molecule has 2 rings (SSSR count). The number of allylic oxidation sites excluding steroid dienone is 1. The molecule has 4 atom stereocenters. The van der Waals surface area contributed by atoms with Crippen LogP contribution in [0.4, 0.5) is 0 Å². The molecule has 2 fully saturated rings. The van der Waals surface area contributed by atoms with Crippen LogP contribution in [0.2, 0.25) is 0 Å². The molecule has 19 heavy (non-hydrogen) atoms. The Hall–Kier alpha value is -0.680. The van der Waals surface area contributed by atoms with Crippen molar-refractivity contribution in [2.75, 3.05) is 5.75 Å². The number of hydrogen-bond acceptors (Lipinski definition) is 3. The van der Waals surface area contributed by atoms with Crippen molar-refractivity contribution in [2.24, 2.45) is 16.7 Å². The van der Waals surface area contributed by atoms with Crippen LogP contribution >= 0.6 is 0 Å². The topological polar surface area (TPSA) is 74.6 Å². The number of carbonyl (C=O) groups is 1. The third kappa shape index (κ3) is 2.17. The average Bonchev–Trinajstić information content (AvgIpc) is 2.61. The molecule has 108 valence electrons. The SMILES string of the molecule is C/C(=C/C(=O)O)[S@](=O)C[C@]12CC[C@H](C[C@H]1O)C2(C)C. The molecular weight excluding hydrogens is 264 g/mol. The van der Waals surface area contributed by atoms with Crippen molar-refractivity contribution in [3.63, 3.8) is 0 Å². The maximum atomic E-state index is 12.3. The number of carboxylic acids is 1. The minimum Gasteiger partial charge on any atom is -0.478 e. The molecule has 4 nitrogen and oxygen atoms in total. The number of carboxylic acid groups (broad SMARTS) is 1. The number of aliphatic hydroxyl groups excluding tert-OH is 1. The van der Waals surface area contributed by atoms with Crippen molar-refractivity contribution in [2.45, 2.75) is 46.1 Å². The van der Waals surface area contributed by atoms with E-state index < -0.39 is 22.9 Å². The first-order valence-electron chi connectivity index (χ1n) is 6.68. The molecule has 2 saturated carbocycles. The van der Waals surface area contributed by atoms with Crippen molar-refractivity contribution >= 4 is 16.8 Å². The van der Waals surface area contributed by atoms with Crippen LogP contribution in [0.1, 0.15) is 40.0 Å². The zero-order chi connectivity index (χ0) is 14.4. The van der Waals surface area contributed by atoms with Crippen molar-refractivity contribution in [3.8, 4) is 0 Å². The summed E-state index contributed by atoms with van der Waals surface area (Å²) >= 11 is 0. The molecule has 2 N–H and O–H groups in total. The fraction of sp³-hybridized carbons (Fsp3) is 0.786. The highest BCUT2D eigenvalue weighted by atomic mass is 32.2. The van der Waals surface area contributed by atoms with Gasteiger partial charge in [0.1, 0.15) is 0 Å². The normalized spacial score (nSPS) is 38.4. The highest BCUT2D eigenvalue weighted by Gasteiger charge is 2.64. The summed E-state index contributed by atoms with van der Waals surface area (Å²) in [4.78, 5) is 11.0. The summed E-state index contributed by atoms with van der Waals surface area (Å²) in [6.07, 6.45) is 3.34. The summed E-state index contributed by atoms with van der Waals surface area (Å²) in [5, 5.41) is 19.1. The van der Waals surface area contributed by atoms with Crippen LogP contribution in [0.3, 0.4) is 0 Å². The van der Waals surface area contributed by atoms with Gasteiger partial charge < -0.3 is 10.2 Å². The molecule has 0 saturated heterocycles. The standard InChI is InChI=1S/C14H22O4S/c1-9(6-12(16)17)19(18)8-14-5-4-10(7-11(14)15)13(14,2)3/h6,10-11,15H,4-5,7-8H2,1-3H3,(H,16,17)/b9-6-/t10-,11-,14-,19-/m1/s1. The second kappa shape index (κ2) is 4.70. The van der Waals surface area contributed by atoms with Gasteiger partial charge in [0.25, 0.3) is 0 Å². The summed E-state index contributed by atoms with van der Waals surface area (Å²) in [6, 6.07) is 0. The first-order chi connectivity index (χ1) is 8.70. The Morgan fingerprint density at radius 2 is 2.11 bits per heavy atom. The molecule has 0 heterocycles. The van der Waals surface area contributed by atoms with E-state index in [1.807, 2.05) is 0 Å². The van der Waals surface area contributed by atoms with E-state index in [-0.39, 0.29) is 10.8 Å². The predicted octanol–water partition coefficient (Wildman–Crippen LogP) is 1.91. The molecule has 5 heteroatoms. The van der Waals surface area contributed by atoms with Gasteiger partial charge in [-0.25, -0.2) is 4.79 Å². The fourth-order valence-corrected chi connectivity index (χ4v) is 5.60. The molecule has 0 aromatic heterocycles. The lowest BCUT2D eigenvalue weighted by Crippen LogP contribution is -2.43. The third-order valence-corrected chi connectivity index (χ3v) is 7.08. The summed E-state index contributed by atoms with van der Waals surface area (Å²) in [5.41, 5.74) is -0.346. The second-order valence-electron chi connectivity index (χ2n) is 6.45. The number of aliphatic carboxylic acids is 1. The minimum absolute atomic E-state index is 0.0222. The Labute approximate surface area is 116 Å². The minimum atomic E-state index is -1.33. The van der Waals surface area contributed by atoms with Gasteiger partial charge in [-0.05, 0) is 37.5 Å². The van der Waals surface area contributed by atoms with E-state index in [9.17, 15) is 14.1 Å². The van der Waals surface area contributed by atoms with E-state index in [1.54, 1.807) is 6.92 Å². The van der Waals surface area contributed by atoms with Crippen LogP contribution in [0.5, 0.6) is 0 Å². The molecule has 0 unspecified atom stereocenters. The molecule has 0 aromatic rings. The number of aliphatic hydroxyl groups is 1. The molecule has 0 amide bonds. The second-order valence-corrected chi connectivity index (χ2v) is 8.07. The van der Waals surface area contributed by atoms with E-state index in [0.717, 1.165) is 25.3 Å². The Kier molecular flexibility index (Phi) is 3.64. The summed E-state index contributed by atoms with van der Waals surface area (Å²) in [7, 11) is -1.33. The van der Waals surface area contributed by atoms with E-state index in [1.165, 1.54) is 0 Å². The Balaban J connectivity index is 2.23. The summed E-state index contributed by atoms with van der Waals surface area (Å²) < 4.78 is 12.3. The zero-order valence-corrected chi connectivity index (χ0v) is 12.5. The lowest BCUT2D eigenvalue weighted by atomic mass is 9.70. The first-order valence-corrected chi connectivity index (χ1v) is 8.00. The fourth-order valence-electron chi connectivity index (χ4n) is 3.97. The van der Waals surface area contributed by atoms with E-state index in [0.29, 0.717) is 16.6 Å². The zero-order valence-electron chi connectivity index (χ0n) is 11.7. The Morgan fingerprint density at radius 1 is 1.47 bits per heavy atom. The molecule has 0 spiro atoms. The number of rotatable bonds is 4. The molecule has 2 bridgehead atoms. The van der Waals surface area contributed by atoms with Gasteiger partial charge in [-0.1, -0.05) is 13.8 Å². The van der Waals surface area contributed by atoms with Gasteiger partial charge in [0.15, 0.2) is 0 Å². The molecule has 0 aliphatic heterocycles. The van der Waals surface area contributed by atoms with Gasteiger partial charge >= 0.3 is 5.97 Å². The van der Waals surface area contributed by atoms with Gasteiger partial charge in [-0.3, -0.25) is 4.21 Å². The van der Waals surface area contributed by atoms with E-state index in [4.69, 9.17) is 5.11 Å². The van der Waals surface area contributed by atoms with Gasteiger partial charge in [-0.2, -0.15) is 0 Å². The van der Waals surface area contributed by atoms with Gasteiger partial charge in [0, 0.05) is 32.9 Å². The average molecular weight is 286 g/mol. The van der Waals surface area contributed by atoms with Crippen LogP contribution in [0.25, 0.3) is 0 Å². The Morgan fingerprint density at radius 3 is 2.53 bits per heavy atom. The van der Waals surface area contributed by atoms with Crippen molar-refractivity contribution in [3.05, 3.63) is 11.0 Å². The quantitative estimate of drug-likeness (QED) is 0.774. The maximum absolute atomic E-state index is 12.3. The monoisotopic (exact) mass is 286 g/mol. The van der Waals surface area contributed by atoms with Gasteiger partial charge in [0.05, 0.1) is 6.10 Å². The lowest BCUT2D eigenvalue weighted by molar-refractivity contribution is -0.131. The smallest absolute Gasteiger partial charge is 0.329 e. The van der Waals surface area contributed by atoms with E-state index >= 15 is 0 Å². The van der Waals surface area contributed by atoms with Crippen LogP contribution < -0.4 is 0 Å². The van der Waals surface area contributed by atoms with Crippen LogP contribution in [0.15, 0.2) is 11.0 Å². The maximum Gasteiger partial charge on any atom is 0.329 e. The highest BCUT2D eigenvalue weighted by Crippen LogP contribution is 2.66. The highest BCUT2D eigenvalue weighted by molar-refractivity contribution is 7.89. The molecule has 0 aromatic carbocycles. The Bertz CT molecular complexity index is 454. The summed E-state index contributed by atoms with van der Waals surface area (Å²) in [5.74, 6) is -0.213. The van der Waals surface area contributed by atoms with Gasteiger partial charge in [-0.15, -0.1) is 0 Å². The van der Waals surface area contributed by atoms with E-state index in [2.05, 4.69) is 13.8 Å².